The van der Waals surface area contributed by atoms with Crippen molar-refractivity contribution in [3.05, 3.63) is 29.3 Å². The Morgan fingerprint density at radius 1 is 1.20 bits per heavy atom. The predicted octanol–water partition coefficient (Wildman–Crippen LogP) is 3.43. The lowest BCUT2D eigenvalue weighted by Gasteiger charge is -2.39. The van der Waals surface area contributed by atoms with Crippen molar-refractivity contribution in [2.45, 2.75) is 56.7 Å². The van der Waals surface area contributed by atoms with E-state index in [-0.39, 0.29) is 5.25 Å². The third-order valence-electron chi connectivity index (χ3n) is 4.55. The Labute approximate surface area is 125 Å². The maximum Gasteiger partial charge on any atom is 0.0582 e. The Kier molecular flexibility index (Phi) is 5.03. The van der Waals surface area contributed by atoms with Gasteiger partial charge in [-0.15, -0.1) is 0 Å². The first kappa shape index (κ1) is 15.7. The highest BCUT2D eigenvalue weighted by Crippen LogP contribution is 2.34. The standard InChI is InChI=1S/C17H27NOS/c1-11-6-7-16(13(3)8-11)20(19)17-14(4)9-12(2)10-15(17)18-5/h6-8,12,14-15,17-18H,9-10H2,1-5H3. The van der Waals surface area contributed by atoms with Crippen LogP contribution in [0.4, 0.5) is 0 Å². The highest BCUT2D eigenvalue weighted by molar-refractivity contribution is 7.85. The smallest absolute Gasteiger partial charge is 0.0582 e. The molecular weight excluding hydrogens is 266 g/mol. The van der Waals surface area contributed by atoms with E-state index in [0.717, 1.165) is 22.8 Å². The minimum absolute atomic E-state index is 0.220. The van der Waals surface area contributed by atoms with E-state index in [1.807, 2.05) is 7.05 Å². The second-order valence-corrected chi connectivity index (χ2v) is 8.06. The van der Waals surface area contributed by atoms with E-state index in [9.17, 15) is 4.21 Å². The van der Waals surface area contributed by atoms with Crippen LogP contribution in [0.25, 0.3) is 0 Å². The van der Waals surface area contributed by atoms with Crippen LogP contribution in [0.1, 0.15) is 37.8 Å². The van der Waals surface area contributed by atoms with Gasteiger partial charge in [0.25, 0.3) is 0 Å². The van der Waals surface area contributed by atoms with Gasteiger partial charge in [0.05, 0.1) is 16.0 Å². The molecule has 1 fully saturated rings. The van der Waals surface area contributed by atoms with E-state index >= 15 is 0 Å². The van der Waals surface area contributed by atoms with Crippen LogP contribution in [0.5, 0.6) is 0 Å². The molecule has 1 aromatic carbocycles. The van der Waals surface area contributed by atoms with E-state index in [1.54, 1.807) is 0 Å². The number of aryl methyl sites for hydroxylation is 2. The number of hydrogen-bond donors (Lipinski definition) is 1. The molecule has 0 bridgehead atoms. The van der Waals surface area contributed by atoms with E-state index in [2.05, 4.69) is 51.2 Å². The molecule has 5 unspecified atom stereocenters. The SMILES string of the molecule is CNC1CC(C)CC(C)C1S(=O)c1ccc(C)cc1C. The van der Waals surface area contributed by atoms with Crippen molar-refractivity contribution in [2.24, 2.45) is 11.8 Å². The lowest BCUT2D eigenvalue weighted by Crippen LogP contribution is -2.48. The summed E-state index contributed by atoms with van der Waals surface area (Å²) >= 11 is 0. The molecule has 1 saturated carbocycles. The summed E-state index contributed by atoms with van der Waals surface area (Å²) in [6.07, 6.45) is 2.31. The summed E-state index contributed by atoms with van der Waals surface area (Å²) < 4.78 is 13.1. The van der Waals surface area contributed by atoms with Crippen molar-refractivity contribution in [3.63, 3.8) is 0 Å². The molecule has 1 N–H and O–H groups in total. The van der Waals surface area contributed by atoms with Gasteiger partial charge in [-0.1, -0.05) is 31.5 Å². The molecule has 112 valence electrons. The van der Waals surface area contributed by atoms with Gasteiger partial charge in [-0.05, 0) is 57.2 Å². The first-order valence-corrected chi connectivity index (χ1v) is 8.80. The Bertz CT molecular complexity index is 500. The molecule has 0 spiro atoms. The van der Waals surface area contributed by atoms with Crippen LogP contribution in [-0.4, -0.2) is 22.5 Å². The first-order valence-electron chi connectivity index (χ1n) is 7.59. The average Bonchev–Trinajstić information content (AvgIpc) is 2.37. The Morgan fingerprint density at radius 3 is 2.50 bits per heavy atom. The van der Waals surface area contributed by atoms with Gasteiger partial charge in [-0.2, -0.15) is 0 Å². The monoisotopic (exact) mass is 293 g/mol. The largest absolute Gasteiger partial charge is 0.316 e. The number of nitrogens with one attached hydrogen (secondary N) is 1. The molecule has 0 aliphatic heterocycles. The molecule has 0 radical (unpaired) electrons. The number of hydrogen-bond acceptors (Lipinski definition) is 2. The Morgan fingerprint density at radius 2 is 1.90 bits per heavy atom. The Balaban J connectivity index is 2.30. The minimum atomic E-state index is -0.927. The highest BCUT2D eigenvalue weighted by atomic mass is 32.2. The molecule has 1 aliphatic rings. The number of benzene rings is 1. The zero-order chi connectivity index (χ0) is 14.9. The highest BCUT2D eigenvalue weighted by Gasteiger charge is 2.37. The second kappa shape index (κ2) is 6.40. The molecule has 1 aliphatic carbocycles. The molecule has 2 nitrogen and oxygen atoms in total. The van der Waals surface area contributed by atoms with E-state index in [1.165, 1.54) is 12.0 Å². The maximum atomic E-state index is 13.1. The summed E-state index contributed by atoms with van der Waals surface area (Å²) in [7, 11) is 1.07. The van der Waals surface area contributed by atoms with Crippen molar-refractivity contribution in [2.75, 3.05) is 7.05 Å². The molecule has 0 saturated heterocycles. The summed E-state index contributed by atoms with van der Waals surface area (Å²) in [6, 6.07) is 6.62. The van der Waals surface area contributed by atoms with E-state index in [4.69, 9.17) is 0 Å². The molecule has 0 aromatic heterocycles. The van der Waals surface area contributed by atoms with Gasteiger partial charge in [0.2, 0.25) is 0 Å². The molecular formula is C17H27NOS. The lowest BCUT2D eigenvalue weighted by molar-refractivity contribution is 0.253. The summed E-state index contributed by atoms with van der Waals surface area (Å²) in [4.78, 5) is 1.02. The zero-order valence-corrected chi connectivity index (χ0v) is 14.1. The summed E-state index contributed by atoms with van der Waals surface area (Å²) in [5.74, 6) is 1.22. The van der Waals surface area contributed by atoms with Gasteiger partial charge >= 0.3 is 0 Å². The van der Waals surface area contributed by atoms with Gasteiger partial charge < -0.3 is 5.32 Å². The van der Waals surface area contributed by atoms with Crippen LogP contribution in [0.15, 0.2) is 23.1 Å². The number of rotatable bonds is 3. The van der Waals surface area contributed by atoms with Gasteiger partial charge in [-0.3, -0.25) is 4.21 Å². The molecule has 20 heavy (non-hydrogen) atoms. The van der Waals surface area contributed by atoms with Crippen LogP contribution < -0.4 is 5.32 Å². The molecule has 2 rings (SSSR count). The fraction of sp³-hybridized carbons (Fsp3) is 0.647. The van der Waals surface area contributed by atoms with Crippen molar-refractivity contribution in [3.8, 4) is 0 Å². The van der Waals surface area contributed by atoms with Crippen LogP contribution in [0, 0.1) is 25.7 Å². The second-order valence-electron chi connectivity index (χ2n) is 6.48. The minimum Gasteiger partial charge on any atom is -0.316 e. The van der Waals surface area contributed by atoms with Gasteiger partial charge in [0, 0.05) is 10.9 Å². The third kappa shape index (κ3) is 3.15. The first-order chi connectivity index (χ1) is 9.43. The van der Waals surface area contributed by atoms with Gasteiger partial charge in [-0.25, -0.2) is 0 Å². The third-order valence-corrected chi connectivity index (χ3v) is 6.73. The Hall–Kier alpha value is -0.670. The average molecular weight is 293 g/mol. The molecule has 5 atom stereocenters. The molecule has 1 aromatic rings. The zero-order valence-electron chi connectivity index (χ0n) is 13.3. The van der Waals surface area contributed by atoms with Crippen LogP contribution in [0.2, 0.25) is 0 Å². The molecule has 3 heteroatoms. The van der Waals surface area contributed by atoms with Crippen LogP contribution >= 0.6 is 0 Å². The molecule has 0 heterocycles. The van der Waals surface area contributed by atoms with Gasteiger partial charge in [0.1, 0.15) is 0 Å². The lowest BCUT2D eigenvalue weighted by atomic mass is 9.80. The van der Waals surface area contributed by atoms with Crippen LogP contribution in [0.3, 0.4) is 0 Å². The van der Waals surface area contributed by atoms with Crippen molar-refractivity contribution in [1.82, 2.24) is 5.32 Å². The quantitative estimate of drug-likeness (QED) is 0.925. The van der Waals surface area contributed by atoms with Gasteiger partial charge in [0.15, 0.2) is 0 Å². The summed E-state index contributed by atoms with van der Waals surface area (Å²) in [5.41, 5.74) is 2.39. The summed E-state index contributed by atoms with van der Waals surface area (Å²) in [6.45, 7) is 8.72. The normalized spacial score (nSPS) is 32.0. The van der Waals surface area contributed by atoms with Crippen molar-refractivity contribution in [1.29, 1.82) is 0 Å². The molecule has 0 amide bonds. The van der Waals surface area contributed by atoms with Crippen molar-refractivity contribution < 1.29 is 4.21 Å². The maximum absolute atomic E-state index is 13.1. The van der Waals surface area contributed by atoms with Crippen molar-refractivity contribution >= 4 is 10.8 Å². The van der Waals surface area contributed by atoms with Crippen LogP contribution in [-0.2, 0) is 10.8 Å². The topological polar surface area (TPSA) is 29.1 Å². The fourth-order valence-electron chi connectivity index (χ4n) is 3.64. The van der Waals surface area contributed by atoms with E-state index in [0.29, 0.717) is 12.0 Å². The fourth-order valence-corrected chi connectivity index (χ4v) is 5.59. The van der Waals surface area contributed by atoms with E-state index < -0.39 is 10.8 Å². The predicted molar refractivity (Wildman–Crippen MR) is 86.5 cm³/mol. The summed E-state index contributed by atoms with van der Waals surface area (Å²) in [5, 5.41) is 3.62.